The van der Waals surface area contributed by atoms with Crippen LogP contribution in [0.3, 0.4) is 0 Å². The molecule has 312 valence electrons. The van der Waals surface area contributed by atoms with E-state index in [-0.39, 0.29) is 13.0 Å². The Morgan fingerprint density at radius 2 is 1.52 bits per heavy atom. The molecule has 0 spiro atoms. The van der Waals surface area contributed by atoms with Crippen molar-refractivity contribution >= 4 is 28.6 Å². The predicted molar refractivity (Wildman–Crippen MR) is 220 cm³/mol. The average Bonchev–Trinajstić information content (AvgIpc) is 3.61. The minimum absolute atomic E-state index is 0.0698. The molecule has 6 rings (SSSR count). The summed E-state index contributed by atoms with van der Waals surface area (Å²) in [6.07, 6.45) is -2.59. The molecule has 12 heteroatoms. The highest BCUT2D eigenvalue weighted by Crippen LogP contribution is 2.67. The van der Waals surface area contributed by atoms with Gasteiger partial charge >= 0.3 is 11.9 Å². The lowest BCUT2D eigenvalue weighted by Crippen LogP contribution is -2.82. The van der Waals surface area contributed by atoms with E-state index in [4.69, 9.17) is 32.5 Å². The van der Waals surface area contributed by atoms with Gasteiger partial charge in [-0.2, -0.15) is 0 Å². The Bertz CT molecular complexity index is 1640. The van der Waals surface area contributed by atoms with E-state index in [1.165, 1.54) is 6.92 Å². The summed E-state index contributed by atoms with van der Waals surface area (Å²) in [6.45, 7) is 27.1. The molecule has 0 radical (unpaired) electrons. The lowest BCUT2D eigenvalue weighted by molar-refractivity contribution is -0.360. The molecule has 4 fully saturated rings. The molecule has 2 saturated carbocycles. The van der Waals surface area contributed by atoms with Crippen LogP contribution in [0.15, 0.2) is 54.1 Å². The summed E-state index contributed by atoms with van der Waals surface area (Å²) in [5.41, 5.74) is -2.86. The molecule has 56 heavy (non-hydrogen) atoms. The van der Waals surface area contributed by atoms with Crippen molar-refractivity contribution in [3.8, 4) is 0 Å². The lowest BCUT2D eigenvalue weighted by atomic mass is 9.44. The highest BCUT2D eigenvalue weighted by molar-refractivity contribution is 6.74. The van der Waals surface area contributed by atoms with Gasteiger partial charge in [0.05, 0.1) is 36.4 Å². The molecular formula is C44H68O10Si2. The summed E-state index contributed by atoms with van der Waals surface area (Å²) < 4.78 is 48.8. The molecular weight excluding hydrogens is 745 g/mol. The maximum Gasteiger partial charge on any atom is 0.338 e. The Morgan fingerprint density at radius 1 is 0.929 bits per heavy atom. The predicted octanol–water partition coefficient (Wildman–Crippen LogP) is 8.51. The molecule has 1 N–H and O–H groups in total. The number of hydrogen-bond acceptors (Lipinski definition) is 10. The standard InChI is InChI=1S/C44H68O10Si2/c1-13-34-49-36-35-28(8)31(53-55(14-2,15-3)16-4)26-44(47,41(35,10)11)39(51-40(46)30-23-21-20-22-24-30)37-42(12,38(36)50-34)32(54-56(17-5,18-6)19-7)25-33-43(37,27-48-33)52-29(9)45/h13,20-24,31-34,36-39,47H,1,14-19,25-27H2,2-12H3/t31-,32-,33+,34?,36+,37-,38+,39-,42+,43-,44+/m0/s1. The second kappa shape index (κ2) is 15.8. The van der Waals surface area contributed by atoms with Crippen molar-refractivity contribution in [1.82, 2.24) is 0 Å². The van der Waals surface area contributed by atoms with E-state index in [2.05, 4.69) is 62.0 Å². The number of hydrogen-bond donors (Lipinski definition) is 1. The second-order valence-corrected chi connectivity index (χ2v) is 27.3. The molecule has 2 heterocycles. The van der Waals surface area contributed by atoms with Crippen molar-refractivity contribution in [1.29, 1.82) is 0 Å². The largest absolute Gasteiger partial charge is 0.455 e. The lowest BCUT2D eigenvalue weighted by Gasteiger charge is -2.70. The average molecular weight is 813 g/mol. The van der Waals surface area contributed by atoms with Gasteiger partial charge in [0, 0.05) is 30.6 Å². The molecule has 1 unspecified atom stereocenters. The first-order valence-electron chi connectivity index (χ1n) is 21.3. The molecule has 1 aromatic rings. The summed E-state index contributed by atoms with van der Waals surface area (Å²) in [5.74, 6) is -1.90. The van der Waals surface area contributed by atoms with E-state index in [0.29, 0.717) is 12.0 Å². The van der Waals surface area contributed by atoms with Crippen LogP contribution in [0.1, 0.15) is 99.4 Å². The van der Waals surface area contributed by atoms with Gasteiger partial charge in [0.1, 0.15) is 23.9 Å². The number of fused-ring (bicyclic) bond motifs is 8. The van der Waals surface area contributed by atoms with Gasteiger partial charge in [-0.15, -0.1) is 0 Å². The number of benzene rings is 1. The Hall–Kier alpha value is -2.17. The minimum Gasteiger partial charge on any atom is -0.455 e. The van der Waals surface area contributed by atoms with E-state index in [1.807, 2.05) is 19.9 Å². The van der Waals surface area contributed by atoms with E-state index in [1.54, 1.807) is 30.3 Å². The van der Waals surface area contributed by atoms with Gasteiger partial charge in [-0.05, 0) is 72.5 Å². The highest BCUT2D eigenvalue weighted by Gasteiger charge is 2.79. The number of carbonyl (C=O) groups excluding carboxylic acids is 2. The van der Waals surface area contributed by atoms with Gasteiger partial charge in [-0.25, -0.2) is 4.79 Å². The molecule has 0 aromatic heterocycles. The SMILES string of the molecule is C=CC1O[C@@H]2C3=C(C)[C@@H](O[Si](CC)(CC)CC)C[C@@](O)([C@@H](OC(=O)c4ccccc4)[C@@H]4[C@]5(OC(C)=O)CO[C@@H]5C[C@H](O[Si](CC)(CC)CC)[C@@]4(C)[C@@H]2O1)C3(C)C. The van der Waals surface area contributed by atoms with Gasteiger partial charge in [-0.3, -0.25) is 4.79 Å². The molecule has 2 saturated heterocycles. The van der Waals surface area contributed by atoms with E-state index < -0.39 is 99.4 Å². The Kier molecular flexibility index (Phi) is 12.2. The normalized spacial score (nSPS) is 37.6. The Morgan fingerprint density at radius 3 is 2.04 bits per heavy atom. The van der Waals surface area contributed by atoms with Crippen molar-refractivity contribution in [2.75, 3.05) is 6.61 Å². The second-order valence-electron chi connectivity index (χ2n) is 17.9. The van der Waals surface area contributed by atoms with Crippen molar-refractivity contribution in [2.24, 2.45) is 16.7 Å². The number of esters is 2. The van der Waals surface area contributed by atoms with Gasteiger partial charge in [0.2, 0.25) is 0 Å². The molecule has 2 bridgehead atoms. The van der Waals surface area contributed by atoms with Crippen LogP contribution in [-0.2, 0) is 37.3 Å². The molecule has 11 atom stereocenters. The van der Waals surface area contributed by atoms with Gasteiger partial charge in [0.25, 0.3) is 0 Å². The first-order valence-corrected chi connectivity index (χ1v) is 26.3. The summed E-state index contributed by atoms with van der Waals surface area (Å²) in [5, 5.41) is 14.1. The van der Waals surface area contributed by atoms with E-state index in [0.717, 1.165) is 47.4 Å². The van der Waals surface area contributed by atoms with Crippen LogP contribution >= 0.6 is 0 Å². The molecule has 0 amide bonds. The summed E-state index contributed by atoms with van der Waals surface area (Å²) >= 11 is 0. The van der Waals surface area contributed by atoms with Crippen LogP contribution in [0.5, 0.6) is 0 Å². The third kappa shape index (κ3) is 6.57. The Labute approximate surface area is 337 Å². The van der Waals surface area contributed by atoms with Crippen LogP contribution in [0.4, 0.5) is 0 Å². The zero-order valence-electron chi connectivity index (χ0n) is 35.8. The minimum atomic E-state index is -2.33. The third-order valence-corrected chi connectivity index (χ3v) is 24.8. The van der Waals surface area contributed by atoms with Crippen molar-refractivity contribution < 1.29 is 47.2 Å². The number of rotatable bonds is 14. The monoisotopic (exact) mass is 812 g/mol. The maximum atomic E-state index is 14.6. The van der Waals surface area contributed by atoms with Crippen molar-refractivity contribution in [3.05, 3.63) is 59.7 Å². The van der Waals surface area contributed by atoms with E-state index in [9.17, 15) is 14.7 Å². The maximum absolute atomic E-state index is 14.6. The molecule has 1 aromatic carbocycles. The quantitative estimate of drug-likeness (QED) is 0.111. The topological polar surface area (TPSA) is 119 Å². The fourth-order valence-electron chi connectivity index (χ4n) is 11.5. The van der Waals surface area contributed by atoms with Gasteiger partial charge in [-0.1, -0.05) is 87.1 Å². The van der Waals surface area contributed by atoms with Crippen LogP contribution in [0.2, 0.25) is 36.3 Å². The summed E-state index contributed by atoms with van der Waals surface area (Å²) in [7, 11) is -4.59. The van der Waals surface area contributed by atoms with Gasteiger partial charge in [0.15, 0.2) is 28.5 Å². The smallest absolute Gasteiger partial charge is 0.338 e. The summed E-state index contributed by atoms with van der Waals surface area (Å²) in [6, 6.07) is 14.4. The van der Waals surface area contributed by atoms with Crippen molar-refractivity contribution in [2.45, 2.75) is 179 Å². The zero-order valence-corrected chi connectivity index (χ0v) is 37.8. The van der Waals surface area contributed by atoms with Crippen molar-refractivity contribution in [3.63, 3.8) is 0 Å². The van der Waals surface area contributed by atoms with Crippen LogP contribution in [-0.4, -0.2) is 94.4 Å². The molecule has 10 nitrogen and oxygen atoms in total. The number of aliphatic hydroxyl groups is 1. The number of ether oxygens (including phenoxy) is 5. The summed E-state index contributed by atoms with van der Waals surface area (Å²) in [4.78, 5) is 28.0. The third-order valence-electron chi connectivity index (χ3n) is 15.5. The van der Waals surface area contributed by atoms with Crippen LogP contribution in [0.25, 0.3) is 0 Å². The van der Waals surface area contributed by atoms with Gasteiger partial charge < -0.3 is 37.6 Å². The van der Waals surface area contributed by atoms with Crippen LogP contribution in [0, 0.1) is 16.7 Å². The zero-order chi connectivity index (χ0) is 41.1. The fourth-order valence-corrected chi connectivity index (χ4v) is 17.3. The molecule has 2 aliphatic heterocycles. The first-order chi connectivity index (χ1) is 26.5. The fraction of sp³-hybridized carbons (Fsp3) is 0.727. The molecule has 5 aliphatic rings. The number of carbonyl (C=O) groups is 2. The van der Waals surface area contributed by atoms with E-state index >= 15 is 0 Å². The molecule has 3 aliphatic carbocycles. The highest BCUT2D eigenvalue weighted by atomic mass is 28.4. The first kappa shape index (κ1) is 43.4. The van der Waals surface area contributed by atoms with Crippen LogP contribution < -0.4 is 0 Å². The Balaban J connectivity index is 1.70.